The van der Waals surface area contributed by atoms with Crippen LogP contribution in [0, 0.1) is 17.8 Å². The lowest BCUT2D eigenvalue weighted by atomic mass is 9.88. The number of rotatable bonds is 10. The second-order valence-electron chi connectivity index (χ2n) is 17.4. The highest BCUT2D eigenvalue weighted by Gasteiger charge is 2.63. The first-order valence-corrected chi connectivity index (χ1v) is 22.2. The van der Waals surface area contributed by atoms with Gasteiger partial charge in [0.1, 0.15) is 35.2 Å². The highest BCUT2D eigenvalue weighted by molar-refractivity contribution is 7.91. The Morgan fingerprint density at radius 3 is 2.28 bits per heavy atom. The zero-order valence-electron chi connectivity index (χ0n) is 34.6. The molecule has 60 heavy (non-hydrogen) atoms. The molecule has 7 rings (SSSR count). The van der Waals surface area contributed by atoms with Crippen molar-refractivity contribution in [2.24, 2.45) is 17.8 Å². The molecule has 2 aromatic heterocycles. The van der Waals surface area contributed by atoms with Crippen LogP contribution in [-0.2, 0) is 24.4 Å². The van der Waals surface area contributed by atoms with Gasteiger partial charge in [0, 0.05) is 48.0 Å². The maximum atomic E-state index is 14.6. The number of pyridine rings is 2. The third-order valence-corrected chi connectivity index (χ3v) is 14.3. The standard InChI is InChI=1S/C44H54N6O9S/c1-26(2)58-32-12-10-29(11-13-32)35-21-33(22-36(46-35)30-14-18-45-19-15-30)59-34-23-37-39(51)48-44(41(53)49-60(56,57)43(5)16-17-43)24-31(44)9-7-6-8-27(3)20-28(4)38(47-42(54)55)40(52)50(37)25-34/h7,9-15,18-19,21-22,26-28,31,34,37-38,47H,6,8,16-17,20,23-25H2,1-5H3,(H,48,51)(H,49,53)(H,54,55)/t27-,28+,31+,34+,37-,38-,44+/m0/s1. The summed E-state index contributed by atoms with van der Waals surface area (Å²) in [6, 6.07) is 12.4. The van der Waals surface area contributed by atoms with Crippen LogP contribution in [-0.4, -0.2) is 93.3 Å². The van der Waals surface area contributed by atoms with E-state index in [9.17, 15) is 32.7 Å². The Morgan fingerprint density at radius 2 is 1.65 bits per heavy atom. The molecule has 2 aliphatic carbocycles. The maximum Gasteiger partial charge on any atom is 0.405 e. The molecule has 0 unspecified atom stereocenters. The summed E-state index contributed by atoms with van der Waals surface area (Å²) in [6.07, 6.45) is 7.90. The molecule has 0 spiro atoms. The van der Waals surface area contributed by atoms with E-state index in [4.69, 9.17) is 14.5 Å². The Labute approximate surface area is 350 Å². The first-order chi connectivity index (χ1) is 28.5. The number of nitrogens with one attached hydrogen (secondary N) is 3. The molecule has 1 saturated heterocycles. The van der Waals surface area contributed by atoms with Crippen LogP contribution in [0.5, 0.6) is 11.5 Å². The first-order valence-electron chi connectivity index (χ1n) is 20.7. The van der Waals surface area contributed by atoms with Gasteiger partial charge in [0.15, 0.2) is 0 Å². The lowest BCUT2D eigenvalue weighted by Crippen LogP contribution is -2.59. The Kier molecular flexibility index (Phi) is 12.0. The fourth-order valence-electron chi connectivity index (χ4n) is 8.29. The second-order valence-corrected chi connectivity index (χ2v) is 19.6. The number of hydrogen-bond acceptors (Lipinski definition) is 10. The van der Waals surface area contributed by atoms with Gasteiger partial charge in [0.05, 0.1) is 28.8 Å². The highest BCUT2D eigenvalue weighted by atomic mass is 32.2. The van der Waals surface area contributed by atoms with Gasteiger partial charge in [0.2, 0.25) is 21.8 Å². The zero-order chi connectivity index (χ0) is 43.0. The van der Waals surface area contributed by atoms with Crippen LogP contribution in [0.25, 0.3) is 22.5 Å². The van der Waals surface area contributed by atoms with Crippen LogP contribution in [0.2, 0.25) is 0 Å². The molecule has 4 amide bonds. The summed E-state index contributed by atoms with van der Waals surface area (Å²) in [5, 5.41) is 15.2. The topological polar surface area (TPSA) is 206 Å². The molecule has 3 aromatic rings. The fourth-order valence-corrected chi connectivity index (χ4v) is 9.60. The second kappa shape index (κ2) is 16.9. The summed E-state index contributed by atoms with van der Waals surface area (Å²) in [7, 11) is -4.02. The van der Waals surface area contributed by atoms with Gasteiger partial charge in [-0.25, -0.2) is 18.2 Å². The molecule has 4 N–H and O–H groups in total. The van der Waals surface area contributed by atoms with Crippen LogP contribution in [0.1, 0.15) is 79.6 Å². The van der Waals surface area contributed by atoms with Gasteiger partial charge in [-0.3, -0.25) is 24.1 Å². The van der Waals surface area contributed by atoms with E-state index in [2.05, 4.69) is 20.3 Å². The number of carbonyl (C=O) groups is 4. The average molecular weight is 843 g/mol. The molecular weight excluding hydrogens is 789 g/mol. The Bertz CT molecular complexity index is 2250. The summed E-state index contributed by atoms with van der Waals surface area (Å²) in [6.45, 7) is 9.26. The minimum Gasteiger partial charge on any atom is -0.491 e. The quantitative estimate of drug-likeness (QED) is 0.188. The number of carbonyl (C=O) groups excluding carboxylic acids is 3. The molecule has 16 heteroatoms. The molecule has 3 fully saturated rings. The number of aromatic nitrogens is 2. The van der Waals surface area contributed by atoms with Crippen molar-refractivity contribution in [2.75, 3.05) is 6.54 Å². The van der Waals surface area contributed by atoms with Crippen LogP contribution in [0.4, 0.5) is 4.79 Å². The van der Waals surface area contributed by atoms with Gasteiger partial charge in [-0.05, 0) is 108 Å². The van der Waals surface area contributed by atoms with Crippen LogP contribution in [0.15, 0.2) is 73.1 Å². The Hall–Kier alpha value is -5.51. The molecule has 0 bridgehead atoms. The third-order valence-electron chi connectivity index (χ3n) is 12.1. The highest BCUT2D eigenvalue weighted by Crippen LogP contribution is 2.47. The zero-order valence-corrected chi connectivity index (χ0v) is 35.4. The average Bonchev–Trinajstić information content (AvgIpc) is 4.08. The summed E-state index contributed by atoms with van der Waals surface area (Å²) in [5.74, 6) is -1.76. The molecule has 320 valence electrons. The predicted molar refractivity (Wildman–Crippen MR) is 223 cm³/mol. The fraction of sp³-hybridized carbons (Fsp3) is 0.500. The van der Waals surface area contributed by atoms with Gasteiger partial charge >= 0.3 is 6.09 Å². The number of ether oxygens (including phenoxy) is 2. The number of amides is 4. The van der Waals surface area contributed by atoms with Crippen molar-refractivity contribution in [3.63, 3.8) is 0 Å². The van der Waals surface area contributed by atoms with E-state index in [1.165, 1.54) is 4.90 Å². The normalized spacial score (nSPS) is 27.7. The lowest BCUT2D eigenvalue weighted by molar-refractivity contribution is -0.142. The van der Waals surface area contributed by atoms with Gasteiger partial charge in [-0.1, -0.05) is 26.0 Å². The number of nitrogens with zero attached hydrogens (tertiary/aromatic N) is 3. The molecule has 1 aromatic carbocycles. The summed E-state index contributed by atoms with van der Waals surface area (Å²) in [4.78, 5) is 65.7. The first kappa shape index (κ1) is 42.6. The van der Waals surface area contributed by atoms with E-state index < -0.39 is 74.1 Å². The van der Waals surface area contributed by atoms with Crippen molar-refractivity contribution in [1.82, 2.24) is 30.2 Å². The van der Waals surface area contributed by atoms with Crippen LogP contribution >= 0.6 is 0 Å². The van der Waals surface area contributed by atoms with E-state index in [0.29, 0.717) is 48.6 Å². The van der Waals surface area contributed by atoms with Crippen molar-refractivity contribution in [3.05, 3.63) is 73.1 Å². The van der Waals surface area contributed by atoms with E-state index in [-0.39, 0.29) is 31.4 Å². The number of hydrogen-bond donors (Lipinski definition) is 4. The number of fused-ring (bicyclic) bond motifs is 2. The molecule has 2 aliphatic heterocycles. The summed E-state index contributed by atoms with van der Waals surface area (Å²) >= 11 is 0. The van der Waals surface area contributed by atoms with E-state index >= 15 is 0 Å². The van der Waals surface area contributed by atoms with E-state index in [0.717, 1.165) is 17.5 Å². The lowest BCUT2D eigenvalue weighted by Gasteiger charge is -2.32. The van der Waals surface area contributed by atoms with E-state index in [1.807, 2.05) is 76.2 Å². The van der Waals surface area contributed by atoms with Gasteiger partial charge in [0.25, 0.3) is 5.91 Å². The molecule has 15 nitrogen and oxygen atoms in total. The predicted octanol–water partition coefficient (Wildman–Crippen LogP) is 5.47. The van der Waals surface area contributed by atoms with Crippen LogP contribution < -0.4 is 24.8 Å². The van der Waals surface area contributed by atoms with Gasteiger partial charge < -0.3 is 30.1 Å². The SMILES string of the molecule is CC(C)Oc1ccc(-c2cc(O[C@@H]3C[C@H]4C(=O)N[C@]5(C(=O)NS(=O)(=O)C6(C)CC6)C[C@H]5C=CCC[C@H](C)C[C@@H](C)[C@H](NC(=O)O)C(=O)N4C3)cc(-c3ccncc3)n2)cc1. The van der Waals surface area contributed by atoms with Crippen molar-refractivity contribution in [2.45, 2.75) is 114 Å². The minimum atomic E-state index is -4.02. The third kappa shape index (κ3) is 9.28. The molecule has 7 atom stereocenters. The monoisotopic (exact) mass is 842 g/mol. The summed E-state index contributed by atoms with van der Waals surface area (Å²) in [5.41, 5.74) is 1.21. The molecule has 4 aliphatic rings. The Balaban J connectivity index is 1.23. The van der Waals surface area contributed by atoms with Crippen molar-refractivity contribution < 1.29 is 42.2 Å². The maximum absolute atomic E-state index is 14.6. The molecule has 2 saturated carbocycles. The minimum absolute atomic E-state index is 0.000206. The van der Waals surface area contributed by atoms with E-state index in [1.54, 1.807) is 31.5 Å². The van der Waals surface area contributed by atoms with Crippen molar-refractivity contribution in [1.29, 1.82) is 0 Å². The summed E-state index contributed by atoms with van der Waals surface area (Å²) < 4.78 is 40.1. The van der Waals surface area contributed by atoms with Gasteiger partial charge in [-0.2, -0.15) is 0 Å². The number of benzene rings is 1. The van der Waals surface area contributed by atoms with Crippen LogP contribution in [0.3, 0.4) is 0 Å². The molecule has 0 radical (unpaired) electrons. The largest absolute Gasteiger partial charge is 0.491 e. The number of carboxylic acid groups (broad SMARTS) is 1. The van der Waals surface area contributed by atoms with Gasteiger partial charge in [-0.15, -0.1) is 0 Å². The Morgan fingerprint density at radius 1 is 0.983 bits per heavy atom. The molecular formula is C44H54N6O9S. The van der Waals surface area contributed by atoms with Crippen molar-refractivity contribution >= 4 is 33.8 Å². The number of allylic oxidation sites excluding steroid dienone is 1. The van der Waals surface area contributed by atoms with Crippen molar-refractivity contribution in [3.8, 4) is 34.0 Å². The number of sulfonamides is 1. The smallest absolute Gasteiger partial charge is 0.405 e. The molecule has 4 heterocycles.